The zero-order chi connectivity index (χ0) is 17.4. The lowest BCUT2D eigenvalue weighted by Gasteiger charge is -2.26. The van der Waals surface area contributed by atoms with Crippen LogP contribution in [0.1, 0.15) is 42.7 Å². The number of aliphatic imine (C=N–C) groups is 1. The molecule has 1 fully saturated rings. The molecule has 0 unspecified atom stereocenters. The van der Waals surface area contributed by atoms with Crippen molar-refractivity contribution in [1.82, 2.24) is 15.4 Å². The Morgan fingerprint density at radius 1 is 1.32 bits per heavy atom. The molecule has 2 rings (SSSR count). The van der Waals surface area contributed by atoms with Gasteiger partial charge in [0.25, 0.3) is 0 Å². The van der Waals surface area contributed by atoms with Crippen molar-refractivity contribution in [3.05, 3.63) is 17.0 Å². The third-order valence-corrected chi connectivity index (χ3v) is 4.85. The molecule has 0 amide bonds. The van der Waals surface area contributed by atoms with Crippen LogP contribution < -0.4 is 5.32 Å². The molecule has 0 saturated carbocycles. The molecule has 0 bridgehead atoms. The number of halogens is 1. The normalized spacial score (nSPS) is 15.8. The topological polar surface area (TPSA) is 62.9 Å². The predicted molar refractivity (Wildman–Crippen MR) is 112 cm³/mol. The molecular formula is C18H33IN4O2. The number of hydrogen-bond acceptors (Lipinski definition) is 4. The number of aryl methyl sites for hydroxylation is 2. The van der Waals surface area contributed by atoms with Gasteiger partial charge in [0, 0.05) is 46.0 Å². The fourth-order valence-electron chi connectivity index (χ4n) is 3.23. The van der Waals surface area contributed by atoms with Crippen LogP contribution in [0.3, 0.4) is 0 Å². The molecular weight excluding hydrogens is 431 g/mol. The Morgan fingerprint density at radius 2 is 2.04 bits per heavy atom. The minimum Gasteiger partial charge on any atom is -0.381 e. The molecule has 144 valence electrons. The van der Waals surface area contributed by atoms with Gasteiger partial charge in [0.15, 0.2) is 5.96 Å². The van der Waals surface area contributed by atoms with Crippen LogP contribution in [0.2, 0.25) is 0 Å². The van der Waals surface area contributed by atoms with Crippen molar-refractivity contribution < 1.29 is 9.26 Å². The fourth-order valence-corrected chi connectivity index (χ4v) is 3.23. The summed E-state index contributed by atoms with van der Waals surface area (Å²) >= 11 is 0. The van der Waals surface area contributed by atoms with Crippen LogP contribution in [0.25, 0.3) is 0 Å². The average molecular weight is 464 g/mol. The molecule has 0 spiro atoms. The number of ether oxygens (including phenoxy) is 1. The zero-order valence-electron chi connectivity index (χ0n) is 16.0. The fraction of sp³-hybridized carbons (Fsp3) is 0.778. The third kappa shape index (κ3) is 7.13. The Labute approximate surface area is 168 Å². The Balaban J connectivity index is 0.00000312. The van der Waals surface area contributed by atoms with Gasteiger partial charge in [0.2, 0.25) is 0 Å². The molecule has 7 heteroatoms. The number of nitrogens with zero attached hydrogens (tertiary/aromatic N) is 3. The summed E-state index contributed by atoms with van der Waals surface area (Å²) in [6.07, 6.45) is 5.61. The van der Waals surface area contributed by atoms with Gasteiger partial charge in [-0.15, -0.1) is 24.0 Å². The van der Waals surface area contributed by atoms with Gasteiger partial charge in [-0.25, -0.2) is 0 Å². The molecule has 1 aliphatic heterocycles. The molecule has 0 aromatic carbocycles. The second-order valence-electron chi connectivity index (χ2n) is 6.65. The monoisotopic (exact) mass is 464 g/mol. The molecule has 1 N–H and O–H groups in total. The molecule has 1 aromatic heterocycles. The number of nitrogens with one attached hydrogen (secondary N) is 1. The van der Waals surface area contributed by atoms with Crippen molar-refractivity contribution in [2.45, 2.75) is 46.0 Å². The van der Waals surface area contributed by atoms with Crippen LogP contribution >= 0.6 is 24.0 Å². The van der Waals surface area contributed by atoms with Crippen LogP contribution in [-0.4, -0.2) is 56.4 Å². The van der Waals surface area contributed by atoms with Gasteiger partial charge in [-0.3, -0.25) is 4.99 Å². The number of guanidine groups is 1. The van der Waals surface area contributed by atoms with E-state index in [-0.39, 0.29) is 24.0 Å². The van der Waals surface area contributed by atoms with E-state index in [2.05, 4.69) is 27.4 Å². The highest BCUT2D eigenvalue weighted by Crippen LogP contribution is 2.18. The summed E-state index contributed by atoms with van der Waals surface area (Å²) in [6.45, 7) is 7.76. The van der Waals surface area contributed by atoms with Gasteiger partial charge in [-0.1, -0.05) is 5.16 Å². The molecule has 25 heavy (non-hydrogen) atoms. The van der Waals surface area contributed by atoms with Crippen molar-refractivity contribution in [1.29, 1.82) is 0 Å². The van der Waals surface area contributed by atoms with E-state index in [9.17, 15) is 0 Å². The molecule has 1 aliphatic rings. The summed E-state index contributed by atoms with van der Waals surface area (Å²) in [5.41, 5.74) is 2.24. The van der Waals surface area contributed by atoms with Crippen molar-refractivity contribution in [3.8, 4) is 0 Å². The second kappa shape index (κ2) is 11.7. The second-order valence-corrected chi connectivity index (χ2v) is 6.65. The summed E-state index contributed by atoms with van der Waals surface area (Å²) in [7, 11) is 3.96. The maximum absolute atomic E-state index is 5.43. The number of hydrogen-bond donors (Lipinski definition) is 1. The van der Waals surface area contributed by atoms with Crippen LogP contribution in [0, 0.1) is 19.8 Å². The maximum atomic E-state index is 5.43. The van der Waals surface area contributed by atoms with E-state index in [0.29, 0.717) is 0 Å². The summed E-state index contributed by atoms with van der Waals surface area (Å²) < 4.78 is 10.6. The average Bonchev–Trinajstić information content (AvgIpc) is 2.92. The van der Waals surface area contributed by atoms with Gasteiger partial charge in [0.05, 0.1) is 5.69 Å². The first-order chi connectivity index (χ1) is 11.6. The van der Waals surface area contributed by atoms with E-state index in [1.165, 1.54) is 24.8 Å². The Morgan fingerprint density at radius 3 is 2.64 bits per heavy atom. The minimum absolute atomic E-state index is 0. The summed E-state index contributed by atoms with van der Waals surface area (Å²) in [5.74, 6) is 2.70. The molecule has 0 aliphatic carbocycles. The van der Waals surface area contributed by atoms with Crippen molar-refractivity contribution in [3.63, 3.8) is 0 Å². The standard InChI is InChI=1S/C18H32N4O2.HI/c1-14-17(15(2)24-21-14)6-5-10-20-18(19-3)22(4)11-7-16-8-12-23-13-9-16;/h16H,5-13H2,1-4H3,(H,19,20);1H. The van der Waals surface area contributed by atoms with Gasteiger partial charge < -0.3 is 19.5 Å². The summed E-state index contributed by atoms with van der Waals surface area (Å²) in [4.78, 5) is 6.62. The molecule has 2 heterocycles. The van der Waals surface area contributed by atoms with E-state index in [4.69, 9.17) is 9.26 Å². The molecule has 0 radical (unpaired) electrons. The van der Waals surface area contributed by atoms with Crippen LogP contribution in [0.15, 0.2) is 9.52 Å². The van der Waals surface area contributed by atoms with Gasteiger partial charge in [0.1, 0.15) is 5.76 Å². The maximum Gasteiger partial charge on any atom is 0.193 e. The van der Waals surface area contributed by atoms with E-state index < -0.39 is 0 Å². The summed E-state index contributed by atoms with van der Waals surface area (Å²) in [5, 5.41) is 7.47. The van der Waals surface area contributed by atoms with E-state index in [1.807, 2.05) is 20.9 Å². The van der Waals surface area contributed by atoms with Crippen LogP contribution in [-0.2, 0) is 11.2 Å². The van der Waals surface area contributed by atoms with Crippen LogP contribution in [0.4, 0.5) is 0 Å². The van der Waals surface area contributed by atoms with E-state index in [1.54, 1.807) is 0 Å². The minimum atomic E-state index is 0. The van der Waals surface area contributed by atoms with Crippen molar-refractivity contribution in [2.24, 2.45) is 10.9 Å². The Kier molecular flexibility index (Phi) is 10.4. The Hall–Kier alpha value is -0.830. The third-order valence-electron chi connectivity index (χ3n) is 4.85. The summed E-state index contributed by atoms with van der Waals surface area (Å²) in [6, 6.07) is 0. The number of aromatic nitrogens is 1. The number of rotatable bonds is 7. The molecule has 1 aromatic rings. The Bertz CT molecular complexity index is 508. The van der Waals surface area contributed by atoms with Crippen LogP contribution in [0.5, 0.6) is 0 Å². The predicted octanol–water partition coefficient (Wildman–Crippen LogP) is 3.17. The smallest absolute Gasteiger partial charge is 0.193 e. The largest absolute Gasteiger partial charge is 0.381 e. The van der Waals surface area contributed by atoms with E-state index in [0.717, 1.165) is 62.5 Å². The first-order valence-electron chi connectivity index (χ1n) is 9.03. The van der Waals surface area contributed by atoms with E-state index >= 15 is 0 Å². The first-order valence-corrected chi connectivity index (χ1v) is 9.03. The van der Waals surface area contributed by atoms with Gasteiger partial charge in [-0.05, 0) is 51.9 Å². The quantitative estimate of drug-likeness (QED) is 0.291. The molecule has 1 saturated heterocycles. The van der Waals surface area contributed by atoms with Gasteiger partial charge >= 0.3 is 0 Å². The highest BCUT2D eigenvalue weighted by atomic mass is 127. The SMILES string of the molecule is CN=C(NCCCc1c(C)noc1C)N(C)CCC1CCOCC1.I. The zero-order valence-corrected chi connectivity index (χ0v) is 18.3. The van der Waals surface area contributed by atoms with Crippen molar-refractivity contribution in [2.75, 3.05) is 40.4 Å². The molecule has 6 nitrogen and oxygen atoms in total. The van der Waals surface area contributed by atoms with Crippen molar-refractivity contribution >= 4 is 29.9 Å². The highest BCUT2D eigenvalue weighted by molar-refractivity contribution is 14.0. The highest BCUT2D eigenvalue weighted by Gasteiger charge is 2.15. The lowest BCUT2D eigenvalue weighted by molar-refractivity contribution is 0.0625. The molecule has 0 atom stereocenters. The lowest BCUT2D eigenvalue weighted by atomic mass is 9.96. The van der Waals surface area contributed by atoms with Gasteiger partial charge in [-0.2, -0.15) is 0 Å². The lowest BCUT2D eigenvalue weighted by Crippen LogP contribution is -2.40. The first kappa shape index (κ1) is 22.2.